The average Bonchev–Trinajstić information content (AvgIpc) is 2.23. The van der Waals surface area contributed by atoms with E-state index >= 15 is 0 Å². The molecule has 0 aromatic carbocycles. The predicted octanol–water partition coefficient (Wildman–Crippen LogP) is 1.15. The van der Waals surface area contributed by atoms with Crippen LogP contribution in [0.25, 0.3) is 0 Å². The highest BCUT2D eigenvalue weighted by molar-refractivity contribution is 4.95. The maximum Gasteiger partial charge on any atom is 0.00964 e. The smallest absolute Gasteiger partial charge is 0.00964 e. The minimum absolute atomic E-state index is 0.889. The Labute approximate surface area is 50.5 Å². The van der Waals surface area contributed by atoms with Crippen LogP contribution >= 0.6 is 0 Å². The molecule has 2 bridgehead atoms. The van der Waals surface area contributed by atoms with Crippen LogP contribution in [0.4, 0.5) is 0 Å². The van der Waals surface area contributed by atoms with Gasteiger partial charge in [-0.15, -0.1) is 0 Å². The van der Waals surface area contributed by atoms with Crippen LogP contribution in [0.15, 0.2) is 0 Å². The highest BCUT2D eigenvalue weighted by Crippen LogP contribution is 2.32. The lowest BCUT2D eigenvalue weighted by Gasteiger charge is -2.13. The molecule has 2 rings (SSSR count). The largest absolute Gasteiger partial charge is 0.311 e. The Morgan fingerprint density at radius 3 is 2.50 bits per heavy atom. The van der Waals surface area contributed by atoms with E-state index in [9.17, 15) is 0 Å². The second kappa shape index (κ2) is 1.47. The summed E-state index contributed by atoms with van der Waals surface area (Å²) in [5.74, 6) is 0.966. The third-order valence-corrected chi connectivity index (χ3v) is 2.62. The van der Waals surface area contributed by atoms with Gasteiger partial charge in [0.2, 0.25) is 0 Å². The minimum atomic E-state index is 0.889. The van der Waals surface area contributed by atoms with Crippen LogP contribution in [-0.2, 0) is 0 Å². The molecule has 8 heavy (non-hydrogen) atoms. The molecule has 2 saturated heterocycles. The van der Waals surface area contributed by atoms with E-state index < -0.39 is 0 Å². The number of rotatable bonds is 0. The van der Waals surface area contributed by atoms with E-state index in [1.807, 2.05) is 0 Å². The minimum Gasteiger partial charge on any atom is -0.311 e. The first kappa shape index (κ1) is 4.80. The Hall–Kier alpha value is -0.0400. The van der Waals surface area contributed by atoms with Gasteiger partial charge in [0.25, 0.3) is 0 Å². The van der Waals surface area contributed by atoms with Crippen LogP contribution in [0.5, 0.6) is 0 Å². The van der Waals surface area contributed by atoms with E-state index in [2.05, 4.69) is 12.2 Å². The monoisotopic (exact) mass is 111 g/mol. The average molecular weight is 111 g/mol. The van der Waals surface area contributed by atoms with Crippen molar-refractivity contribution in [3.05, 3.63) is 0 Å². The van der Waals surface area contributed by atoms with Crippen molar-refractivity contribution in [2.45, 2.75) is 38.3 Å². The molecule has 1 heteroatoms. The second-order valence-electron chi connectivity index (χ2n) is 3.26. The summed E-state index contributed by atoms with van der Waals surface area (Å²) < 4.78 is 0. The van der Waals surface area contributed by atoms with Crippen LogP contribution in [0.1, 0.15) is 26.2 Å². The first-order chi connectivity index (χ1) is 3.86. The topological polar surface area (TPSA) is 12.0 Å². The fourth-order valence-corrected chi connectivity index (χ4v) is 2.10. The summed E-state index contributed by atoms with van der Waals surface area (Å²) in [5, 5.41) is 3.58. The molecule has 0 unspecified atom stereocenters. The molecule has 2 aliphatic heterocycles. The fraction of sp³-hybridized carbons (Fsp3) is 1.00. The Morgan fingerprint density at radius 2 is 2.25 bits per heavy atom. The summed E-state index contributed by atoms with van der Waals surface area (Å²) in [6, 6.07) is 1.79. The highest BCUT2D eigenvalue weighted by Gasteiger charge is 2.35. The van der Waals surface area contributed by atoms with Gasteiger partial charge >= 0.3 is 0 Å². The molecule has 0 spiro atoms. The van der Waals surface area contributed by atoms with Crippen LogP contribution in [0.3, 0.4) is 0 Å². The van der Waals surface area contributed by atoms with Gasteiger partial charge in [0.05, 0.1) is 0 Å². The van der Waals surface area contributed by atoms with Gasteiger partial charge in [-0.05, 0) is 25.2 Å². The number of hydrogen-bond acceptors (Lipinski definition) is 1. The van der Waals surface area contributed by atoms with Gasteiger partial charge in [-0.3, -0.25) is 0 Å². The Balaban J connectivity index is 2.11. The second-order valence-corrected chi connectivity index (χ2v) is 3.26. The molecule has 0 saturated carbocycles. The van der Waals surface area contributed by atoms with Crippen molar-refractivity contribution in [1.82, 2.24) is 5.32 Å². The third-order valence-electron chi connectivity index (χ3n) is 2.62. The molecule has 0 aliphatic carbocycles. The zero-order chi connectivity index (χ0) is 5.56. The Morgan fingerprint density at radius 1 is 1.38 bits per heavy atom. The molecule has 0 amide bonds. The predicted molar refractivity (Wildman–Crippen MR) is 33.7 cm³/mol. The van der Waals surface area contributed by atoms with Crippen LogP contribution in [-0.4, -0.2) is 12.1 Å². The van der Waals surface area contributed by atoms with E-state index in [0.717, 1.165) is 18.0 Å². The van der Waals surface area contributed by atoms with Crippen molar-refractivity contribution in [2.75, 3.05) is 0 Å². The Kier molecular flexibility index (Phi) is 0.884. The molecule has 2 aliphatic rings. The number of fused-ring (bicyclic) bond motifs is 2. The molecule has 0 aromatic rings. The van der Waals surface area contributed by atoms with Crippen LogP contribution in [0.2, 0.25) is 0 Å². The maximum atomic E-state index is 3.58. The van der Waals surface area contributed by atoms with Crippen LogP contribution < -0.4 is 5.32 Å². The lowest BCUT2D eigenvalue weighted by Crippen LogP contribution is -2.20. The fourth-order valence-electron chi connectivity index (χ4n) is 2.10. The van der Waals surface area contributed by atoms with Gasteiger partial charge in [0.1, 0.15) is 0 Å². The van der Waals surface area contributed by atoms with Gasteiger partial charge in [-0.25, -0.2) is 0 Å². The van der Waals surface area contributed by atoms with E-state index in [1.54, 1.807) is 0 Å². The summed E-state index contributed by atoms with van der Waals surface area (Å²) in [5.41, 5.74) is 0. The van der Waals surface area contributed by atoms with Crippen molar-refractivity contribution in [3.8, 4) is 0 Å². The van der Waals surface area contributed by atoms with Gasteiger partial charge in [0.15, 0.2) is 0 Å². The quantitative estimate of drug-likeness (QED) is 0.494. The van der Waals surface area contributed by atoms with Gasteiger partial charge in [0, 0.05) is 12.1 Å². The normalized spacial score (nSPS) is 52.9. The maximum absolute atomic E-state index is 3.58. The molecule has 2 heterocycles. The van der Waals surface area contributed by atoms with Crippen LogP contribution in [0, 0.1) is 5.92 Å². The molecule has 46 valence electrons. The molecule has 2 fully saturated rings. The first-order valence-electron chi connectivity index (χ1n) is 3.62. The van der Waals surface area contributed by atoms with E-state index in [0.29, 0.717) is 0 Å². The lowest BCUT2D eigenvalue weighted by molar-refractivity contribution is 0.439. The van der Waals surface area contributed by atoms with E-state index in [-0.39, 0.29) is 0 Å². The van der Waals surface area contributed by atoms with Gasteiger partial charge in [-0.1, -0.05) is 6.92 Å². The Bertz CT molecular complexity index is 98.6. The standard InChI is InChI=1S/C7H13N/c1-5-4-6-2-3-7(5)8-6/h5-8H,2-4H2,1H3/t5-,6+,7+/m1/s1. The summed E-state index contributed by atoms with van der Waals surface area (Å²) in [6.45, 7) is 2.36. The molecular formula is C7H13N. The van der Waals surface area contributed by atoms with Crippen molar-refractivity contribution in [2.24, 2.45) is 5.92 Å². The summed E-state index contributed by atoms with van der Waals surface area (Å²) in [6.07, 6.45) is 4.31. The highest BCUT2D eigenvalue weighted by atomic mass is 15.0. The van der Waals surface area contributed by atoms with Crippen molar-refractivity contribution in [3.63, 3.8) is 0 Å². The lowest BCUT2D eigenvalue weighted by atomic mass is 9.91. The van der Waals surface area contributed by atoms with Crippen molar-refractivity contribution >= 4 is 0 Å². The molecule has 0 aromatic heterocycles. The van der Waals surface area contributed by atoms with Crippen molar-refractivity contribution < 1.29 is 0 Å². The molecule has 3 atom stereocenters. The van der Waals surface area contributed by atoms with E-state index in [4.69, 9.17) is 0 Å². The first-order valence-corrected chi connectivity index (χ1v) is 3.62. The molecule has 1 N–H and O–H groups in total. The molecular weight excluding hydrogens is 98.1 g/mol. The summed E-state index contributed by atoms with van der Waals surface area (Å²) in [4.78, 5) is 0. The number of nitrogens with one attached hydrogen (secondary N) is 1. The molecule has 1 nitrogen and oxygen atoms in total. The SMILES string of the molecule is C[C@@H]1C[C@@H]2CC[C@@H]1N2. The van der Waals surface area contributed by atoms with E-state index in [1.165, 1.54) is 19.3 Å². The van der Waals surface area contributed by atoms with Gasteiger partial charge < -0.3 is 5.32 Å². The van der Waals surface area contributed by atoms with Gasteiger partial charge in [-0.2, -0.15) is 0 Å². The summed E-state index contributed by atoms with van der Waals surface area (Å²) in [7, 11) is 0. The third kappa shape index (κ3) is 0.510. The summed E-state index contributed by atoms with van der Waals surface area (Å²) >= 11 is 0. The zero-order valence-corrected chi connectivity index (χ0v) is 5.35. The zero-order valence-electron chi connectivity index (χ0n) is 5.35. The number of hydrogen-bond donors (Lipinski definition) is 1. The molecule has 0 radical (unpaired) electrons. The van der Waals surface area contributed by atoms with Crippen molar-refractivity contribution in [1.29, 1.82) is 0 Å².